The first kappa shape index (κ1) is 12.6. The van der Waals surface area contributed by atoms with E-state index >= 15 is 0 Å². The first-order valence-corrected chi connectivity index (χ1v) is 6.13. The maximum Gasteiger partial charge on any atom is 0.189 e. The van der Waals surface area contributed by atoms with Gasteiger partial charge in [0.05, 0.1) is 6.61 Å². The van der Waals surface area contributed by atoms with Crippen LogP contribution in [-0.4, -0.2) is 42.0 Å². The van der Waals surface area contributed by atoms with E-state index in [4.69, 9.17) is 5.11 Å². The molecule has 0 radical (unpaired) electrons. The van der Waals surface area contributed by atoms with Crippen LogP contribution in [0.3, 0.4) is 0 Å². The lowest BCUT2D eigenvalue weighted by Gasteiger charge is -2.16. The van der Waals surface area contributed by atoms with E-state index in [0.29, 0.717) is 12.1 Å². The van der Waals surface area contributed by atoms with E-state index in [1.807, 2.05) is 36.1 Å². The molecule has 0 spiro atoms. The number of hydrogen-bond donors (Lipinski definition) is 2. The SMILES string of the molecule is Cc1ccc(C(=O)/C=C2\NCCN2CCO)cc1. The van der Waals surface area contributed by atoms with Crippen LogP contribution in [0.1, 0.15) is 15.9 Å². The lowest BCUT2D eigenvalue weighted by molar-refractivity contribution is 0.104. The number of β-amino-alcohol motifs (C(OH)–C–C–N with tert-alkyl or cyclic N) is 1. The Hall–Kier alpha value is -1.81. The summed E-state index contributed by atoms with van der Waals surface area (Å²) in [6.45, 7) is 4.28. The van der Waals surface area contributed by atoms with Crippen LogP contribution in [0, 0.1) is 6.92 Å². The van der Waals surface area contributed by atoms with Gasteiger partial charge in [-0.25, -0.2) is 0 Å². The molecule has 0 atom stereocenters. The number of ketones is 1. The third kappa shape index (κ3) is 2.90. The molecule has 1 fully saturated rings. The van der Waals surface area contributed by atoms with Crippen molar-refractivity contribution < 1.29 is 9.90 Å². The summed E-state index contributed by atoms with van der Waals surface area (Å²) in [5.41, 5.74) is 1.82. The van der Waals surface area contributed by atoms with Gasteiger partial charge in [0.25, 0.3) is 0 Å². The standard InChI is InChI=1S/C14H18N2O2/c1-11-2-4-12(5-3-11)13(18)10-14-15-6-7-16(14)8-9-17/h2-5,10,15,17H,6-9H2,1H3/b14-10+. The fourth-order valence-corrected chi connectivity index (χ4v) is 1.97. The van der Waals surface area contributed by atoms with Crippen LogP contribution < -0.4 is 5.32 Å². The minimum Gasteiger partial charge on any atom is -0.395 e. The molecule has 1 aliphatic heterocycles. The number of rotatable bonds is 4. The van der Waals surface area contributed by atoms with Gasteiger partial charge in [-0.15, -0.1) is 0 Å². The Bertz CT molecular complexity index is 451. The summed E-state index contributed by atoms with van der Waals surface area (Å²) in [6.07, 6.45) is 1.60. The molecule has 4 heteroatoms. The highest BCUT2D eigenvalue weighted by atomic mass is 16.3. The van der Waals surface area contributed by atoms with E-state index in [9.17, 15) is 4.79 Å². The Kier molecular flexibility index (Phi) is 3.99. The van der Waals surface area contributed by atoms with Crippen LogP contribution in [0.4, 0.5) is 0 Å². The molecule has 1 heterocycles. The van der Waals surface area contributed by atoms with Gasteiger partial charge in [0.2, 0.25) is 0 Å². The molecule has 0 aromatic heterocycles. The first-order valence-electron chi connectivity index (χ1n) is 6.13. The second-order valence-electron chi connectivity index (χ2n) is 4.40. The molecule has 0 unspecified atom stereocenters. The lowest BCUT2D eigenvalue weighted by Crippen LogP contribution is -2.24. The number of allylic oxidation sites excluding steroid dienone is 1. The topological polar surface area (TPSA) is 52.6 Å². The maximum atomic E-state index is 12.1. The van der Waals surface area contributed by atoms with Gasteiger partial charge in [0.15, 0.2) is 5.78 Å². The smallest absolute Gasteiger partial charge is 0.189 e. The van der Waals surface area contributed by atoms with Crippen molar-refractivity contribution in [1.29, 1.82) is 0 Å². The number of aliphatic hydroxyl groups excluding tert-OH is 1. The Labute approximate surface area is 107 Å². The Morgan fingerprint density at radius 2 is 2.17 bits per heavy atom. The summed E-state index contributed by atoms with van der Waals surface area (Å²) in [4.78, 5) is 14.0. The van der Waals surface area contributed by atoms with Crippen molar-refractivity contribution in [3.05, 3.63) is 47.3 Å². The molecular formula is C14H18N2O2. The normalized spacial score (nSPS) is 17.0. The molecule has 1 aromatic rings. The summed E-state index contributed by atoms with van der Waals surface area (Å²) < 4.78 is 0. The minimum atomic E-state index is -0.0117. The summed E-state index contributed by atoms with van der Waals surface area (Å²) in [7, 11) is 0. The largest absolute Gasteiger partial charge is 0.395 e. The van der Waals surface area contributed by atoms with Gasteiger partial charge in [0, 0.05) is 31.3 Å². The molecule has 4 nitrogen and oxygen atoms in total. The molecule has 0 aliphatic carbocycles. The molecule has 2 N–H and O–H groups in total. The molecular weight excluding hydrogens is 228 g/mol. The van der Waals surface area contributed by atoms with Crippen LogP contribution in [0.2, 0.25) is 0 Å². The van der Waals surface area contributed by atoms with E-state index in [2.05, 4.69) is 5.32 Å². The van der Waals surface area contributed by atoms with Gasteiger partial charge in [-0.3, -0.25) is 4.79 Å². The number of hydrogen-bond acceptors (Lipinski definition) is 4. The quantitative estimate of drug-likeness (QED) is 0.612. The van der Waals surface area contributed by atoms with Crippen molar-refractivity contribution >= 4 is 5.78 Å². The number of nitrogens with one attached hydrogen (secondary N) is 1. The van der Waals surface area contributed by atoms with E-state index in [1.54, 1.807) is 6.08 Å². The predicted octanol–water partition coefficient (Wildman–Crippen LogP) is 0.917. The van der Waals surface area contributed by atoms with Crippen molar-refractivity contribution in [3.63, 3.8) is 0 Å². The third-order valence-electron chi connectivity index (χ3n) is 3.00. The third-order valence-corrected chi connectivity index (χ3v) is 3.00. The first-order chi connectivity index (χ1) is 8.70. The van der Waals surface area contributed by atoms with Crippen LogP contribution in [0.15, 0.2) is 36.2 Å². The van der Waals surface area contributed by atoms with E-state index in [-0.39, 0.29) is 12.4 Å². The minimum absolute atomic E-state index is 0.0117. The van der Waals surface area contributed by atoms with Gasteiger partial charge in [-0.05, 0) is 6.92 Å². The molecule has 1 aromatic carbocycles. The molecule has 0 bridgehead atoms. The van der Waals surface area contributed by atoms with Crippen molar-refractivity contribution in [1.82, 2.24) is 10.2 Å². The predicted molar refractivity (Wildman–Crippen MR) is 70.3 cm³/mol. The Morgan fingerprint density at radius 3 is 2.83 bits per heavy atom. The van der Waals surface area contributed by atoms with Gasteiger partial charge in [-0.1, -0.05) is 29.8 Å². The zero-order valence-corrected chi connectivity index (χ0v) is 10.5. The highest BCUT2D eigenvalue weighted by molar-refractivity contribution is 6.04. The van der Waals surface area contributed by atoms with Crippen molar-refractivity contribution in [2.24, 2.45) is 0 Å². The fraction of sp³-hybridized carbons (Fsp3) is 0.357. The number of benzene rings is 1. The number of carbonyl (C=O) groups is 1. The number of aliphatic hydroxyl groups is 1. The van der Waals surface area contributed by atoms with Crippen molar-refractivity contribution in [2.45, 2.75) is 6.92 Å². The van der Waals surface area contributed by atoms with E-state index in [0.717, 1.165) is 24.5 Å². The molecule has 0 saturated carbocycles. The molecule has 96 valence electrons. The summed E-state index contributed by atoms with van der Waals surface area (Å²) in [5.74, 6) is 0.789. The van der Waals surface area contributed by atoms with Crippen LogP contribution in [-0.2, 0) is 0 Å². The van der Waals surface area contributed by atoms with Gasteiger partial charge < -0.3 is 15.3 Å². The summed E-state index contributed by atoms with van der Waals surface area (Å²) in [6, 6.07) is 7.53. The van der Waals surface area contributed by atoms with Crippen molar-refractivity contribution in [2.75, 3.05) is 26.2 Å². The van der Waals surface area contributed by atoms with E-state index < -0.39 is 0 Å². The van der Waals surface area contributed by atoms with Crippen LogP contribution in [0.25, 0.3) is 0 Å². The lowest BCUT2D eigenvalue weighted by atomic mass is 10.1. The summed E-state index contributed by atoms with van der Waals surface area (Å²) >= 11 is 0. The second-order valence-corrected chi connectivity index (χ2v) is 4.40. The zero-order valence-electron chi connectivity index (χ0n) is 10.5. The molecule has 0 amide bonds. The fourth-order valence-electron chi connectivity index (χ4n) is 1.97. The van der Waals surface area contributed by atoms with E-state index in [1.165, 1.54) is 0 Å². The number of carbonyl (C=O) groups excluding carboxylic acids is 1. The van der Waals surface area contributed by atoms with Crippen molar-refractivity contribution in [3.8, 4) is 0 Å². The highest BCUT2D eigenvalue weighted by Gasteiger charge is 2.16. The highest BCUT2D eigenvalue weighted by Crippen LogP contribution is 2.10. The van der Waals surface area contributed by atoms with Crippen LogP contribution in [0.5, 0.6) is 0 Å². The number of aryl methyl sites for hydroxylation is 1. The molecule has 1 saturated heterocycles. The Balaban J connectivity index is 2.12. The monoisotopic (exact) mass is 246 g/mol. The summed E-state index contributed by atoms with van der Waals surface area (Å²) in [5, 5.41) is 12.1. The molecule has 1 aliphatic rings. The second kappa shape index (κ2) is 5.69. The Morgan fingerprint density at radius 1 is 1.44 bits per heavy atom. The van der Waals surface area contributed by atoms with Gasteiger partial charge in [0.1, 0.15) is 5.82 Å². The maximum absolute atomic E-state index is 12.1. The van der Waals surface area contributed by atoms with Gasteiger partial charge >= 0.3 is 0 Å². The average Bonchev–Trinajstić information content (AvgIpc) is 2.78. The zero-order chi connectivity index (χ0) is 13.0. The van der Waals surface area contributed by atoms with Crippen LogP contribution >= 0.6 is 0 Å². The molecule has 18 heavy (non-hydrogen) atoms. The molecule has 2 rings (SSSR count). The number of nitrogens with zero attached hydrogens (tertiary/aromatic N) is 1. The van der Waals surface area contributed by atoms with Gasteiger partial charge in [-0.2, -0.15) is 0 Å². The average molecular weight is 246 g/mol.